The number of likely N-dealkylation sites (N-methyl/N-ethyl adjacent to an activating group) is 3. The van der Waals surface area contributed by atoms with Gasteiger partial charge in [0.25, 0.3) is 29.5 Å². The Labute approximate surface area is 857 Å². The van der Waals surface area contributed by atoms with Crippen LogP contribution in [0.4, 0.5) is 17.6 Å². The maximum absolute atomic E-state index is 14.2. The third kappa shape index (κ3) is 25.4. The topological polar surface area (TPSA) is 389 Å². The number of hydrogen-bond acceptors (Lipinski definition) is 21. The first-order chi connectivity index (χ1) is 68.4. The molecule has 4 atom stereocenters. The van der Waals surface area contributed by atoms with E-state index in [1.807, 2.05) is 159 Å². The quantitative estimate of drug-likeness (QED) is 0.0213. The van der Waals surface area contributed by atoms with Gasteiger partial charge in [-0.15, -0.1) is 0 Å². The zero-order valence-electron chi connectivity index (χ0n) is 83.5. The predicted octanol–water partition coefficient (Wildman–Crippen LogP) is 8.59. The Hall–Kier alpha value is -13.8. The summed E-state index contributed by atoms with van der Waals surface area (Å²) in [5, 5.41) is 2.53. The number of aryl methyl sites for hydroxylation is 1. The molecule has 0 bridgehead atoms. The number of pyridine rings is 4. The van der Waals surface area contributed by atoms with Crippen LogP contribution in [0, 0.1) is 23.3 Å². The number of amides is 8. The number of nitrogens with zero attached hydrogens (tertiary/aromatic N) is 12. The molecule has 6 N–H and O–H groups in total. The Morgan fingerprint density at radius 2 is 0.821 bits per heavy atom. The van der Waals surface area contributed by atoms with Crippen LogP contribution in [-0.2, 0) is 89.5 Å². The van der Waals surface area contributed by atoms with E-state index in [1.165, 1.54) is 44.7 Å². The number of aromatic nitrogens is 4. The molecule has 1 radical (unpaired) electrons. The number of benzene rings is 6. The number of carbonyl (C=O) groups excluding carboxylic acids is 9. The largest absolute Gasteiger partial charge is 1.00 e. The smallest absolute Gasteiger partial charge is 1.00 e. The number of ether oxygens (including phenoxy) is 5. The van der Waals surface area contributed by atoms with Crippen LogP contribution in [0.1, 0.15) is 216 Å². The normalized spacial score (nSPS) is 16.1. The van der Waals surface area contributed by atoms with Crippen molar-refractivity contribution in [3.63, 3.8) is 0 Å². The molecule has 4 unspecified atom stereocenters. The molecule has 41 heteroatoms. The molecule has 6 aromatic carbocycles. The van der Waals surface area contributed by atoms with E-state index >= 15 is 0 Å². The molecule has 10 aromatic rings. The summed E-state index contributed by atoms with van der Waals surface area (Å²) >= 11 is 6.58. The average molecular weight is 2100 g/mol. The van der Waals surface area contributed by atoms with Crippen LogP contribution >= 0.6 is 28.7 Å². The van der Waals surface area contributed by atoms with E-state index in [9.17, 15) is 79.9 Å². The number of rotatable bonds is 22. The Balaban J connectivity index is 0.000000190. The fourth-order valence-corrected chi connectivity index (χ4v) is 18.0. The van der Waals surface area contributed by atoms with Gasteiger partial charge in [-0.2, -0.15) is 0 Å². The van der Waals surface area contributed by atoms with E-state index in [-0.39, 0.29) is 223 Å². The van der Waals surface area contributed by atoms with E-state index in [0.29, 0.717) is 52.7 Å². The van der Waals surface area contributed by atoms with Crippen LogP contribution in [0.15, 0.2) is 198 Å². The van der Waals surface area contributed by atoms with Crippen molar-refractivity contribution in [2.75, 3.05) is 54.4 Å². The number of nitrogens with one attached hydrogen (secondary N) is 1. The molecule has 0 spiro atoms. The van der Waals surface area contributed by atoms with Crippen molar-refractivity contribution < 1.29 is 103 Å². The maximum Gasteiger partial charge on any atom is -1.00 e. The molecular weight excluding hydrogens is 1980 g/mol. The molecule has 7 aliphatic rings. The Morgan fingerprint density at radius 1 is 0.483 bits per heavy atom. The van der Waals surface area contributed by atoms with Gasteiger partial charge in [-0.1, -0.05) is 140 Å². The third-order valence-corrected chi connectivity index (χ3v) is 25.4. The van der Waals surface area contributed by atoms with Crippen LogP contribution in [0.2, 0.25) is 0 Å². The third-order valence-electron chi connectivity index (χ3n) is 24.5. The number of hydrogen-bond donors (Lipinski definition) is 4. The molecule has 769 valence electrons. The van der Waals surface area contributed by atoms with Crippen molar-refractivity contribution >= 4 is 89.6 Å². The van der Waals surface area contributed by atoms with Gasteiger partial charge in [0, 0.05) is 105 Å². The summed E-state index contributed by atoms with van der Waals surface area (Å²) < 4.78 is 91.1. The van der Waals surface area contributed by atoms with Crippen LogP contribution in [0.25, 0.3) is 0 Å². The fourth-order valence-electron chi connectivity index (χ4n) is 17.5. The molecule has 0 saturated heterocycles. The van der Waals surface area contributed by atoms with E-state index < -0.39 is 76.2 Å². The first-order valence-electron chi connectivity index (χ1n) is 46.8. The summed E-state index contributed by atoms with van der Waals surface area (Å²) in [7, 11) is 11.1. The second kappa shape index (κ2) is 49.6. The van der Waals surface area contributed by atoms with E-state index in [1.54, 1.807) is 111 Å². The Kier molecular flexibility index (Phi) is 38.7. The number of thiol groups is 1. The van der Waals surface area contributed by atoms with Crippen LogP contribution in [-0.4, -0.2) is 198 Å². The zero-order chi connectivity index (χ0) is 105. The van der Waals surface area contributed by atoms with Crippen molar-refractivity contribution in [1.82, 2.24) is 57.9 Å². The molecule has 11 heterocycles. The summed E-state index contributed by atoms with van der Waals surface area (Å²) in [6.07, 6.45) is 0.482. The number of halogens is 6. The van der Waals surface area contributed by atoms with E-state index in [4.69, 9.17) is 29.4 Å². The van der Waals surface area contributed by atoms with Gasteiger partial charge in [-0.25, -0.2) is 22.4 Å². The SMILES string of the molecule is CC(C)N1CC2C(=O)N(C)Cc3c(Br)c(=O)c(OCc4ccccc4)c(n32)C1=O.CC(C)N1CC2C(=O)N(C)Cc3c(C(=O)NCc4ccc(F)cc4F)c(=O)c(OCc4ccccc4)c(n32)C1=O.CC(C)N1CC2C(=O)N(C)Cc3cc(=O)c(OCc4ccccc4)c(n32)C1=O.CCc1cc(=O)c(OCc2ccccc2)c2n1C(C(=O)OC(C)(C)C)CN(C(C)C)C2=O.C[NH3+].NCc1ccc(F)cc1F.[B]=NS.[Cl-]. The minimum atomic E-state index is -0.871. The fraction of sp³-hybridized carbons (Fsp3) is 0.375. The average Bonchev–Trinajstić information content (AvgIpc) is 0.715. The summed E-state index contributed by atoms with van der Waals surface area (Å²) in [5.74, 6) is -6.18. The van der Waals surface area contributed by atoms with Gasteiger partial charge in [0.05, 0.1) is 68.7 Å². The first-order valence-corrected chi connectivity index (χ1v) is 48.0. The van der Waals surface area contributed by atoms with Crippen LogP contribution in [0.3, 0.4) is 0 Å². The van der Waals surface area contributed by atoms with Gasteiger partial charge in [0.2, 0.25) is 39.4 Å². The molecule has 0 fully saturated rings. The van der Waals surface area contributed by atoms with Crippen molar-refractivity contribution in [1.29, 1.82) is 0 Å². The number of quaternary nitrogens is 1. The Morgan fingerprint density at radius 3 is 1.20 bits per heavy atom. The number of fused-ring (bicyclic) bond motifs is 1. The molecule has 33 nitrogen and oxygen atoms in total. The number of carbonyl (C=O) groups is 9. The number of nitrogens with two attached hydrogens (primary N) is 1. The van der Waals surface area contributed by atoms with Gasteiger partial charge < -0.3 is 105 Å². The van der Waals surface area contributed by atoms with Crippen molar-refractivity contribution in [2.45, 2.75) is 203 Å². The molecule has 0 saturated carbocycles. The molecule has 7 aliphatic heterocycles. The van der Waals surface area contributed by atoms with Crippen molar-refractivity contribution in [3.05, 3.63) is 323 Å². The minimum Gasteiger partial charge on any atom is -1.00 e. The van der Waals surface area contributed by atoms with Crippen LogP contribution < -0.4 is 69.9 Å². The van der Waals surface area contributed by atoms with Gasteiger partial charge in [-0.05, 0) is 133 Å². The molecule has 0 aliphatic carbocycles. The molecule has 17 rings (SSSR count). The predicted molar refractivity (Wildman–Crippen MR) is 537 cm³/mol. The monoisotopic (exact) mass is 2100 g/mol. The van der Waals surface area contributed by atoms with Gasteiger partial charge in [0.15, 0.2) is 45.8 Å². The Bertz CT molecular complexity index is 6740. The minimum absolute atomic E-state index is 0. The molecule has 145 heavy (non-hydrogen) atoms. The summed E-state index contributed by atoms with van der Waals surface area (Å²) in [6, 6.07) is 43.2. The van der Waals surface area contributed by atoms with Gasteiger partial charge in [0.1, 0.15) is 85.0 Å². The van der Waals surface area contributed by atoms with Crippen molar-refractivity contribution in [2.24, 2.45) is 10.0 Å². The second-order valence-corrected chi connectivity index (χ2v) is 37.8. The van der Waals surface area contributed by atoms with Gasteiger partial charge >= 0.3 is 30.7 Å². The van der Waals surface area contributed by atoms with Crippen LogP contribution in [0.5, 0.6) is 23.0 Å². The van der Waals surface area contributed by atoms with E-state index in [2.05, 4.69) is 51.7 Å². The summed E-state index contributed by atoms with van der Waals surface area (Å²) in [5.41, 5.74) is 11.7. The molecular formula is C104H119BBrClF4N15O18S. The summed E-state index contributed by atoms with van der Waals surface area (Å²) in [4.78, 5) is 183. The number of esters is 1. The molecule has 8 amide bonds. The first kappa shape index (κ1) is 113. The van der Waals surface area contributed by atoms with E-state index in [0.717, 1.165) is 34.4 Å². The zero-order valence-corrected chi connectivity index (χ0v) is 86.7. The van der Waals surface area contributed by atoms with Crippen molar-refractivity contribution in [3.8, 4) is 23.0 Å². The second-order valence-electron chi connectivity index (χ2n) is 36.7. The standard InChI is InChI=1S/C29H28F2N4O5.C25H32N2O5.C21H22BrN3O4.C21H23N3O4.C7H7F2N.CH5N.BHNS.ClH/c1-16(2)34-14-22-28(38)33(3)13-21-23(27(37)32-12-18-9-10-19(30)11-20(18)31)25(36)26(24(29(34)39)35(21)22)40-15-17-7-5-4-6-8-17;1-7-18-13-20(28)22(31-15-17-11-9-8-10-12-17)21-23(29)26(16(2)3)14-19(27(18)21)24(30)32-25(4,5)6;1-12(2)24-10-15-20(27)23(3)9-14-16(22)18(26)19(17(21(24)28)25(14)15)29-11-13-7-5-4-6-8-13;1-13(2)23-11-16-20(26)22(3)10-15-9-17(25)19(18(21(23)27)24(15)16)28-12-14-7-5-4-6-8-14;8-6-2-1-5(4-10)7(9)3-6;1-2;1-2-3;/h4-11,16,22H,12-15H2,1-3H3,(H,32,37);8-13,16,19H,7,14-15H2,1-6H3;4-8,12,15H,9-11H2,1-3H3;4-9,13,16H,10-12H2,1-3H3;1-3H,4,10H2;2H2,1H3;3H;1H. The maximum atomic E-state index is 14.2. The molecule has 4 aromatic heterocycles. The summed E-state index contributed by atoms with van der Waals surface area (Å²) in [6.45, 7) is 23.7. The van der Waals surface area contributed by atoms with Gasteiger partial charge in [-0.3, -0.25) is 57.5 Å².